The van der Waals surface area contributed by atoms with Crippen LogP contribution < -0.4 is 0 Å². The Hall–Kier alpha value is -1.22. The third-order valence-electron chi connectivity index (χ3n) is 1.72. The third-order valence-corrected chi connectivity index (χ3v) is 1.97. The maximum atomic E-state index is 11.2. The van der Waals surface area contributed by atoms with Crippen molar-refractivity contribution in [3.63, 3.8) is 0 Å². The number of ketones is 1. The summed E-state index contributed by atoms with van der Waals surface area (Å²) in [6.45, 7) is 0. The molecule has 4 heteroatoms. The molecule has 0 fully saturated rings. The summed E-state index contributed by atoms with van der Waals surface area (Å²) in [5, 5.41) is 7.94. The van der Waals surface area contributed by atoms with Crippen LogP contribution in [-0.2, 0) is 4.79 Å². The first kappa shape index (κ1) is 7.43. The lowest BCUT2D eigenvalue weighted by atomic mass is 9.94. The molecule has 60 valence electrons. The minimum atomic E-state index is -0.319. The highest BCUT2D eigenvalue weighted by atomic mass is 35.5. The molecule has 0 aromatic carbocycles. The van der Waals surface area contributed by atoms with E-state index in [4.69, 9.17) is 11.6 Å². The molecule has 0 amide bonds. The van der Waals surface area contributed by atoms with Crippen LogP contribution in [0.3, 0.4) is 0 Å². The number of Topliss-reactive ketones (excluding diaryl/α,β-unsaturated/α-hetero) is 1. The first-order valence-corrected chi connectivity index (χ1v) is 3.85. The number of hydrogen-bond donors (Lipinski definition) is 0. The number of fused-ring (bicyclic) bond motifs is 1. The number of hydrogen-bond acceptors (Lipinski definition) is 3. The number of halogens is 1. The molecule has 0 saturated heterocycles. The lowest BCUT2D eigenvalue weighted by Gasteiger charge is -2.14. The fourth-order valence-electron chi connectivity index (χ4n) is 1.12. The van der Waals surface area contributed by atoms with Crippen LogP contribution in [0.1, 0.15) is 0 Å². The van der Waals surface area contributed by atoms with Crippen molar-refractivity contribution in [1.82, 2.24) is 0 Å². The molecule has 0 spiro atoms. The Kier molecular flexibility index (Phi) is 1.66. The fourth-order valence-corrected chi connectivity index (χ4v) is 1.31. The van der Waals surface area contributed by atoms with Crippen LogP contribution in [0, 0.1) is 5.92 Å². The highest BCUT2D eigenvalue weighted by Gasteiger charge is 2.24. The monoisotopic (exact) mass is 180 g/mol. The quantitative estimate of drug-likeness (QED) is 0.554. The summed E-state index contributed by atoms with van der Waals surface area (Å²) in [5.41, 5.74) is 0.659. The standard InChI is InChI=1S/C8H5ClN2O/c9-5-1-2-7-6(3-5)8(12)4-10-11-7/h1-4,6H. The van der Waals surface area contributed by atoms with Gasteiger partial charge in [-0.05, 0) is 18.2 Å². The lowest BCUT2D eigenvalue weighted by molar-refractivity contribution is -0.113. The first-order chi connectivity index (χ1) is 5.77. The van der Waals surface area contributed by atoms with Gasteiger partial charge in [-0.3, -0.25) is 4.79 Å². The molecule has 0 N–H and O–H groups in total. The van der Waals surface area contributed by atoms with E-state index >= 15 is 0 Å². The molecule has 2 rings (SSSR count). The predicted molar refractivity (Wildman–Crippen MR) is 47.5 cm³/mol. The van der Waals surface area contributed by atoms with Gasteiger partial charge in [-0.2, -0.15) is 10.2 Å². The largest absolute Gasteiger partial charge is 0.292 e. The van der Waals surface area contributed by atoms with Crippen molar-refractivity contribution in [2.45, 2.75) is 0 Å². The van der Waals surface area contributed by atoms with Crippen LogP contribution in [0.4, 0.5) is 0 Å². The average molecular weight is 181 g/mol. The summed E-state index contributed by atoms with van der Waals surface area (Å²) in [5.74, 6) is -0.387. The smallest absolute Gasteiger partial charge is 0.188 e. The topological polar surface area (TPSA) is 41.8 Å². The molecular formula is C8H5ClN2O. The second-order valence-electron chi connectivity index (χ2n) is 2.53. The van der Waals surface area contributed by atoms with Crippen LogP contribution in [0.2, 0.25) is 0 Å². The maximum Gasteiger partial charge on any atom is 0.188 e. The molecule has 1 atom stereocenters. The Morgan fingerprint density at radius 2 is 2.25 bits per heavy atom. The molecule has 0 saturated carbocycles. The van der Waals surface area contributed by atoms with E-state index in [-0.39, 0.29) is 11.7 Å². The highest BCUT2D eigenvalue weighted by Crippen LogP contribution is 2.19. The molecule has 0 radical (unpaired) electrons. The van der Waals surface area contributed by atoms with Crippen molar-refractivity contribution in [3.8, 4) is 0 Å². The van der Waals surface area contributed by atoms with Gasteiger partial charge in [0.25, 0.3) is 0 Å². The molecule has 1 aliphatic carbocycles. The van der Waals surface area contributed by atoms with Gasteiger partial charge in [-0.15, -0.1) is 0 Å². The normalized spacial score (nSPS) is 26.4. The number of rotatable bonds is 0. The fraction of sp³-hybridized carbons (Fsp3) is 0.125. The van der Waals surface area contributed by atoms with Gasteiger partial charge in [0.15, 0.2) is 5.78 Å². The zero-order valence-electron chi connectivity index (χ0n) is 6.07. The second-order valence-corrected chi connectivity index (χ2v) is 2.97. The van der Waals surface area contributed by atoms with Crippen LogP contribution in [0.5, 0.6) is 0 Å². The van der Waals surface area contributed by atoms with Crippen LogP contribution >= 0.6 is 11.6 Å². The number of carbonyl (C=O) groups is 1. The van der Waals surface area contributed by atoms with Crippen molar-refractivity contribution in [3.05, 3.63) is 23.3 Å². The molecule has 1 unspecified atom stereocenters. The van der Waals surface area contributed by atoms with Crippen molar-refractivity contribution in [2.24, 2.45) is 16.1 Å². The molecular weight excluding hydrogens is 176 g/mol. The van der Waals surface area contributed by atoms with Crippen LogP contribution in [0.25, 0.3) is 0 Å². The van der Waals surface area contributed by atoms with E-state index < -0.39 is 0 Å². The number of carbonyl (C=O) groups excluding carboxylic acids is 1. The average Bonchev–Trinajstić information content (AvgIpc) is 2.07. The minimum absolute atomic E-state index is 0.0671. The molecule has 0 bridgehead atoms. The van der Waals surface area contributed by atoms with Gasteiger partial charge in [0, 0.05) is 5.03 Å². The van der Waals surface area contributed by atoms with E-state index in [1.807, 2.05) is 0 Å². The Bertz CT molecular complexity index is 352. The first-order valence-electron chi connectivity index (χ1n) is 3.47. The van der Waals surface area contributed by atoms with Crippen molar-refractivity contribution >= 4 is 29.3 Å². The van der Waals surface area contributed by atoms with Gasteiger partial charge in [0.2, 0.25) is 0 Å². The molecule has 1 aliphatic heterocycles. The summed E-state index contributed by atoms with van der Waals surface area (Å²) in [6.07, 6.45) is 6.30. The minimum Gasteiger partial charge on any atom is -0.292 e. The van der Waals surface area contributed by atoms with Gasteiger partial charge in [0.05, 0.1) is 17.8 Å². The van der Waals surface area contributed by atoms with E-state index in [1.54, 1.807) is 18.2 Å². The SMILES string of the molecule is O=C1C=NN=C2C=CC(Cl)=CC12. The van der Waals surface area contributed by atoms with E-state index in [0.717, 1.165) is 0 Å². The lowest BCUT2D eigenvalue weighted by Crippen LogP contribution is -2.26. The summed E-state index contributed by atoms with van der Waals surface area (Å²) < 4.78 is 0. The molecule has 1 heterocycles. The molecule has 3 nitrogen and oxygen atoms in total. The molecule has 0 aromatic heterocycles. The van der Waals surface area contributed by atoms with Crippen molar-refractivity contribution in [2.75, 3.05) is 0 Å². The zero-order valence-corrected chi connectivity index (χ0v) is 6.82. The molecule has 12 heavy (non-hydrogen) atoms. The van der Waals surface area contributed by atoms with E-state index in [9.17, 15) is 4.79 Å². The summed E-state index contributed by atoms with van der Waals surface area (Å²) in [6, 6.07) is 0. The predicted octanol–water partition coefficient (Wildman–Crippen LogP) is 1.30. The molecule has 2 aliphatic rings. The Morgan fingerprint density at radius 1 is 1.42 bits per heavy atom. The number of allylic oxidation sites excluding steroid dienone is 4. The maximum absolute atomic E-state index is 11.2. The summed E-state index contributed by atoms with van der Waals surface area (Å²) >= 11 is 5.72. The third kappa shape index (κ3) is 1.12. The van der Waals surface area contributed by atoms with E-state index in [1.165, 1.54) is 6.21 Å². The Morgan fingerprint density at radius 3 is 3.08 bits per heavy atom. The van der Waals surface area contributed by atoms with Gasteiger partial charge >= 0.3 is 0 Å². The van der Waals surface area contributed by atoms with Crippen LogP contribution in [-0.4, -0.2) is 17.7 Å². The van der Waals surface area contributed by atoms with Crippen molar-refractivity contribution < 1.29 is 4.79 Å². The zero-order chi connectivity index (χ0) is 8.55. The molecule has 0 aromatic rings. The van der Waals surface area contributed by atoms with Crippen LogP contribution in [0.15, 0.2) is 33.5 Å². The Labute approximate surface area is 74.1 Å². The van der Waals surface area contributed by atoms with E-state index in [0.29, 0.717) is 10.7 Å². The summed E-state index contributed by atoms with van der Waals surface area (Å²) in [7, 11) is 0. The van der Waals surface area contributed by atoms with Gasteiger partial charge in [-0.1, -0.05) is 11.6 Å². The highest BCUT2D eigenvalue weighted by molar-refractivity contribution is 6.39. The van der Waals surface area contributed by atoms with E-state index in [2.05, 4.69) is 10.2 Å². The van der Waals surface area contributed by atoms with Crippen molar-refractivity contribution in [1.29, 1.82) is 0 Å². The second kappa shape index (κ2) is 2.68. The van der Waals surface area contributed by atoms with Gasteiger partial charge < -0.3 is 0 Å². The number of nitrogens with zero attached hydrogens (tertiary/aromatic N) is 2. The van der Waals surface area contributed by atoms with Gasteiger partial charge in [0.1, 0.15) is 0 Å². The summed E-state index contributed by atoms with van der Waals surface area (Å²) in [4.78, 5) is 11.2. The Balaban J connectivity index is 2.43. The van der Waals surface area contributed by atoms with Gasteiger partial charge in [-0.25, -0.2) is 0 Å².